The van der Waals surface area contributed by atoms with Crippen LogP contribution in [0, 0.1) is 5.92 Å². The molecule has 118 valence electrons. The first-order valence-electron chi connectivity index (χ1n) is 8.28. The summed E-state index contributed by atoms with van der Waals surface area (Å²) in [7, 11) is 0. The van der Waals surface area contributed by atoms with Gasteiger partial charge in [-0.15, -0.1) is 0 Å². The van der Waals surface area contributed by atoms with Gasteiger partial charge < -0.3 is 9.80 Å². The zero-order valence-electron chi connectivity index (χ0n) is 12.8. The fourth-order valence-electron chi connectivity index (χ4n) is 3.56. The van der Waals surface area contributed by atoms with Gasteiger partial charge in [0.25, 0.3) is 0 Å². The van der Waals surface area contributed by atoms with E-state index in [2.05, 4.69) is 5.10 Å². The summed E-state index contributed by atoms with van der Waals surface area (Å²) in [4.78, 5) is 28.2. The van der Waals surface area contributed by atoms with Crippen molar-refractivity contribution in [1.29, 1.82) is 0 Å². The van der Waals surface area contributed by atoms with Gasteiger partial charge in [-0.2, -0.15) is 5.10 Å². The smallest absolute Gasteiger partial charge is 0.223 e. The normalized spacial score (nSPS) is 24.7. The molecule has 1 aromatic rings. The molecule has 0 spiro atoms. The summed E-state index contributed by atoms with van der Waals surface area (Å²) in [6, 6.07) is 2.07. The lowest BCUT2D eigenvalue weighted by Gasteiger charge is -2.35. The van der Waals surface area contributed by atoms with Crippen LogP contribution < -0.4 is 0 Å². The molecule has 6 heteroatoms. The summed E-state index contributed by atoms with van der Waals surface area (Å²) in [5, 5.41) is 4.41. The van der Waals surface area contributed by atoms with E-state index >= 15 is 0 Å². The highest BCUT2D eigenvalue weighted by atomic mass is 16.2. The molecule has 4 rings (SSSR count). The Morgan fingerprint density at radius 3 is 2.95 bits per heavy atom. The lowest BCUT2D eigenvalue weighted by atomic mass is 10.1. The molecule has 3 aliphatic rings. The van der Waals surface area contributed by atoms with Crippen LogP contribution in [-0.4, -0.2) is 51.0 Å². The van der Waals surface area contributed by atoms with Gasteiger partial charge in [-0.25, -0.2) is 0 Å². The molecule has 22 heavy (non-hydrogen) atoms. The van der Waals surface area contributed by atoms with Gasteiger partial charge in [-0.3, -0.25) is 14.3 Å². The number of hydrogen-bond donors (Lipinski definition) is 0. The van der Waals surface area contributed by atoms with Gasteiger partial charge in [0.2, 0.25) is 11.8 Å². The highest BCUT2D eigenvalue weighted by Crippen LogP contribution is 2.34. The molecule has 3 heterocycles. The van der Waals surface area contributed by atoms with E-state index in [0.29, 0.717) is 38.4 Å². The van der Waals surface area contributed by atoms with Crippen LogP contribution in [-0.2, 0) is 16.1 Å². The number of likely N-dealkylation sites (tertiary alicyclic amines) is 1. The minimum Gasteiger partial charge on any atom is -0.340 e. The lowest BCUT2D eigenvalue weighted by Crippen LogP contribution is -2.45. The highest BCUT2D eigenvalue weighted by molar-refractivity contribution is 5.78. The van der Waals surface area contributed by atoms with Crippen LogP contribution in [0.5, 0.6) is 0 Å². The van der Waals surface area contributed by atoms with E-state index in [9.17, 15) is 9.59 Å². The van der Waals surface area contributed by atoms with Gasteiger partial charge in [0, 0.05) is 38.7 Å². The quantitative estimate of drug-likeness (QED) is 0.839. The predicted molar refractivity (Wildman–Crippen MR) is 79.8 cm³/mol. The first-order valence-corrected chi connectivity index (χ1v) is 8.28. The zero-order chi connectivity index (χ0) is 15.1. The molecule has 2 amide bonds. The highest BCUT2D eigenvalue weighted by Gasteiger charge is 2.34. The Balaban J connectivity index is 1.49. The second kappa shape index (κ2) is 5.41. The Kier molecular flexibility index (Phi) is 3.39. The summed E-state index contributed by atoms with van der Waals surface area (Å²) in [6.07, 6.45) is 6.48. The summed E-state index contributed by atoms with van der Waals surface area (Å²) < 4.78 is 2.01. The van der Waals surface area contributed by atoms with E-state index in [1.54, 1.807) is 6.20 Å². The monoisotopic (exact) mass is 302 g/mol. The van der Waals surface area contributed by atoms with Crippen molar-refractivity contribution in [2.24, 2.45) is 5.92 Å². The number of amides is 2. The van der Waals surface area contributed by atoms with Gasteiger partial charge in [0.15, 0.2) is 0 Å². The van der Waals surface area contributed by atoms with Crippen molar-refractivity contribution < 1.29 is 9.59 Å². The standard InChI is InChI=1S/C16H22N4O2/c21-15-2-1-7-18(15)10-14-11-19(16(22)8-12-3-4-12)9-13-5-6-17-20(13)14/h5-6,12,14H,1-4,7-11H2. The minimum absolute atomic E-state index is 0.0870. The van der Waals surface area contributed by atoms with Crippen molar-refractivity contribution in [3.8, 4) is 0 Å². The van der Waals surface area contributed by atoms with Crippen LogP contribution in [0.4, 0.5) is 0 Å². The first-order chi connectivity index (χ1) is 10.7. The SMILES string of the molecule is O=C1CCCN1CC1CN(C(=O)CC2CC2)Cc2ccnn21. The van der Waals surface area contributed by atoms with Crippen LogP contribution in [0.2, 0.25) is 0 Å². The van der Waals surface area contributed by atoms with E-state index in [1.807, 2.05) is 20.5 Å². The van der Waals surface area contributed by atoms with Gasteiger partial charge in [0.05, 0.1) is 18.3 Å². The second-order valence-electron chi connectivity index (χ2n) is 6.79. The number of aromatic nitrogens is 2. The lowest BCUT2D eigenvalue weighted by molar-refractivity contribution is -0.134. The second-order valence-corrected chi connectivity index (χ2v) is 6.79. The average Bonchev–Trinajstić information content (AvgIpc) is 3.03. The third kappa shape index (κ3) is 2.62. The molecule has 0 bridgehead atoms. The Morgan fingerprint density at radius 1 is 1.36 bits per heavy atom. The van der Waals surface area contributed by atoms with Gasteiger partial charge in [-0.1, -0.05) is 0 Å². The molecule has 1 aliphatic carbocycles. The molecule has 0 aromatic carbocycles. The third-order valence-electron chi connectivity index (χ3n) is 5.00. The summed E-state index contributed by atoms with van der Waals surface area (Å²) in [5.41, 5.74) is 1.08. The van der Waals surface area contributed by atoms with Gasteiger partial charge in [0.1, 0.15) is 0 Å². The van der Waals surface area contributed by atoms with Crippen LogP contribution in [0.15, 0.2) is 12.3 Å². The molecule has 1 saturated carbocycles. The fourth-order valence-corrected chi connectivity index (χ4v) is 3.56. The summed E-state index contributed by atoms with van der Waals surface area (Å²) in [6.45, 7) is 2.82. The fraction of sp³-hybridized carbons (Fsp3) is 0.688. The minimum atomic E-state index is 0.0870. The van der Waals surface area contributed by atoms with Crippen molar-refractivity contribution in [2.45, 2.75) is 44.7 Å². The van der Waals surface area contributed by atoms with E-state index in [0.717, 1.165) is 18.7 Å². The van der Waals surface area contributed by atoms with E-state index in [1.165, 1.54) is 12.8 Å². The Bertz CT molecular complexity index is 593. The van der Waals surface area contributed by atoms with Gasteiger partial charge >= 0.3 is 0 Å². The Hall–Kier alpha value is -1.85. The molecule has 1 aromatic heterocycles. The summed E-state index contributed by atoms with van der Waals surface area (Å²) >= 11 is 0. The summed E-state index contributed by atoms with van der Waals surface area (Å²) in [5.74, 6) is 1.10. The molecule has 1 atom stereocenters. The topological polar surface area (TPSA) is 58.4 Å². The predicted octanol–water partition coefficient (Wildman–Crippen LogP) is 1.19. The number of rotatable bonds is 4. The van der Waals surface area contributed by atoms with Gasteiger partial charge in [-0.05, 0) is 31.2 Å². The maximum absolute atomic E-state index is 12.4. The van der Waals surface area contributed by atoms with Crippen LogP contribution in [0.25, 0.3) is 0 Å². The molecule has 2 fully saturated rings. The number of fused-ring (bicyclic) bond motifs is 1. The molecule has 2 aliphatic heterocycles. The van der Waals surface area contributed by atoms with Crippen molar-refractivity contribution >= 4 is 11.8 Å². The molecule has 1 saturated heterocycles. The van der Waals surface area contributed by atoms with Crippen molar-refractivity contribution in [2.75, 3.05) is 19.6 Å². The Labute approximate surface area is 130 Å². The number of carbonyl (C=O) groups excluding carboxylic acids is 2. The number of hydrogen-bond acceptors (Lipinski definition) is 3. The largest absolute Gasteiger partial charge is 0.340 e. The third-order valence-corrected chi connectivity index (χ3v) is 5.00. The molecular formula is C16H22N4O2. The molecular weight excluding hydrogens is 280 g/mol. The molecule has 1 unspecified atom stereocenters. The average molecular weight is 302 g/mol. The Morgan fingerprint density at radius 2 is 2.23 bits per heavy atom. The first kappa shape index (κ1) is 13.8. The van der Waals surface area contributed by atoms with Crippen molar-refractivity contribution in [3.63, 3.8) is 0 Å². The maximum Gasteiger partial charge on any atom is 0.223 e. The van der Waals surface area contributed by atoms with Crippen molar-refractivity contribution in [3.05, 3.63) is 18.0 Å². The molecule has 6 nitrogen and oxygen atoms in total. The van der Waals surface area contributed by atoms with Crippen LogP contribution >= 0.6 is 0 Å². The zero-order valence-corrected chi connectivity index (χ0v) is 12.8. The van der Waals surface area contributed by atoms with E-state index in [-0.39, 0.29) is 17.9 Å². The maximum atomic E-state index is 12.4. The molecule has 0 radical (unpaired) electrons. The van der Waals surface area contributed by atoms with E-state index in [4.69, 9.17) is 0 Å². The van der Waals surface area contributed by atoms with Crippen molar-refractivity contribution in [1.82, 2.24) is 19.6 Å². The van der Waals surface area contributed by atoms with Crippen LogP contribution in [0.1, 0.15) is 43.8 Å². The molecule has 0 N–H and O–H groups in total. The number of carbonyl (C=O) groups is 2. The number of nitrogens with zero attached hydrogens (tertiary/aromatic N) is 4. The van der Waals surface area contributed by atoms with Crippen LogP contribution in [0.3, 0.4) is 0 Å². The van der Waals surface area contributed by atoms with E-state index < -0.39 is 0 Å².